The van der Waals surface area contributed by atoms with Crippen LogP contribution in [0.5, 0.6) is 0 Å². The normalized spacial score (nSPS) is 11.8. The van der Waals surface area contributed by atoms with Crippen LogP contribution in [-0.2, 0) is 11.3 Å². The number of carbonyl (C=O) groups is 2. The molecule has 2 aromatic carbocycles. The SMILES string of the molecule is CC(C)NC(=O)[C@H](Cn1ccnc1)NC(=O)c1ccc(-c2ccccc2)cc1. The third kappa shape index (κ3) is 5.07. The third-order valence-electron chi connectivity index (χ3n) is 4.26. The van der Waals surface area contributed by atoms with Gasteiger partial charge >= 0.3 is 0 Å². The van der Waals surface area contributed by atoms with Crippen molar-refractivity contribution >= 4 is 11.8 Å². The summed E-state index contributed by atoms with van der Waals surface area (Å²) >= 11 is 0. The monoisotopic (exact) mass is 376 g/mol. The molecule has 0 aliphatic heterocycles. The summed E-state index contributed by atoms with van der Waals surface area (Å²) in [5.74, 6) is -0.512. The first kappa shape index (κ1) is 19.4. The molecule has 0 bridgehead atoms. The summed E-state index contributed by atoms with van der Waals surface area (Å²) in [4.78, 5) is 29.2. The minimum atomic E-state index is -0.696. The highest BCUT2D eigenvalue weighted by Crippen LogP contribution is 2.19. The average molecular weight is 376 g/mol. The van der Waals surface area contributed by atoms with Gasteiger partial charge in [-0.05, 0) is 37.1 Å². The number of hydrogen-bond acceptors (Lipinski definition) is 3. The van der Waals surface area contributed by atoms with Crippen LogP contribution in [0.4, 0.5) is 0 Å². The van der Waals surface area contributed by atoms with Crippen molar-refractivity contribution in [3.8, 4) is 11.1 Å². The molecular formula is C22H24N4O2. The van der Waals surface area contributed by atoms with Gasteiger partial charge in [-0.25, -0.2) is 4.98 Å². The molecule has 0 aliphatic carbocycles. The van der Waals surface area contributed by atoms with Gasteiger partial charge in [0.05, 0.1) is 12.9 Å². The van der Waals surface area contributed by atoms with Gasteiger partial charge < -0.3 is 15.2 Å². The molecule has 0 unspecified atom stereocenters. The van der Waals surface area contributed by atoms with E-state index in [9.17, 15) is 9.59 Å². The lowest BCUT2D eigenvalue weighted by molar-refractivity contribution is -0.123. The predicted octanol–water partition coefficient (Wildman–Crippen LogP) is 2.87. The van der Waals surface area contributed by atoms with E-state index < -0.39 is 6.04 Å². The number of imidazole rings is 1. The van der Waals surface area contributed by atoms with Crippen LogP contribution in [0.2, 0.25) is 0 Å². The Kier molecular flexibility index (Phi) is 6.22. The maximum Gasteiger partial charge on any atom is 0.251 e. The molecule has 0 fully saturated rings. The molecule has 0 spiro atoms. The van der Waals surface area contributed by atoms with Crippen LogP contribution in [-0.4, -0.2) is 33.4 Å². The Morgan fingerprint density at radius 1 is 0.964 bits per heavy atom. The number of amides is 2. The van der Waals surface area contributed by atoms with Gasteiger partial charge in [0.15, 0.2) is 0 Å². The molecule has 0 aliphatic rings. The van der Waals surface area contributed by atoms with Crippen LogP contribution in [0.25, 0.3) is 11.1 Å². The Labute approximate surface area is 164 Å². The second-order valence-electron chi connectivity index (χ2n) is 6.89. The van der Waals surface area contributed by atoms with E-state index in [2.05, 4.69) is 15.6 Å². The molecule has 2 amide bonds. The maximum atomic E-state index is 12.7. The first-order chi connectivity index (χ1) is 13.5. The molecule has 0 saturated carbocycles. The zero-order valence-corrected chi connectivity index (χ0v) is 16.0. The van der Waals surface area contributed by atoms with Gasteiger partial charge in [-0.15, -0.1) is 0 Å². The highest BCUT2D eigenvalue weighted by atomic mass is 16.2. The number of benzene rings is 2. The zero-order valence-electron chi connectivity index (χ0n) is 16.0. The van der Waals surface area contributed by atoms with Gasteiger partial charge in [-0.3, -0.25) is 9.59 Å². The lowest BCUT2D eigenvalue weighted by atomic mass is 10.0. The number of carbonyl (C=O) groups excluding carboxylic acids is 2. The first-order valence-electron chi connectivity index (χ1n) is 9.25. The van der Waals surface area contributed by atoms with Crippen LogP contribution in [0.3, 0.4) is 0 Å². The van der Waals surface area contributed by atoms with Crippen LogP contribution in [0.15, 0.2) is 73.3 Å². The lowest BCUT2D eigenvalue weighted by Crippen LogP contribution is -2.50. The van der Waals surface area contributed by atoms with E-state index in [0.29, 0.717) is 12.1 Å². The Balaban J connectivity index is 1.72. The molecule has 6 nitrogen and oxygen atoms in total. The van der Waals surface area contributed by atoms with E-state index in [4.69, 9.17) is 0 Å². The Hall–Kier alpha value is -3.41. The van der Waals surface area contributed by atoms with E-state index in [1.165, 1.54) is 0 Å². The minimum absolute atomic E-state index is 0.0140. The van der Waals surface area contributed by atoms with Gasteiger partial charge in [0.1, 0.15) is 6.04 Å². The van der Waals surface area contributed by atoms with Crippen molar-refractivity contribution in [2.45, 2.75) is 32.5 Å². The molecule has 28 heavy (non-hydrogen) atoms. The summed E-state index contributed by atoms with van der Waals surface area (Å²) in [6, 6.07) is 16.6. The van der Waals surface area contributed by atoms with Crippen molar-refractivity contribution in [2.24, 2.45) is 0 Å². The molecule has 1 heterocycles. The summed E-state index contributed by atoms with van der Waals surface area (Å²) in [6.07, 6.45) is 5.02. The number of aromatic nitrogens is 2. The third-order valence-corrected chi connectivity index (χ3v) is 4.26. The van der Waals surface area contributed by atoms with E-state index in [0.717, 1.165) is 11.1 Å². The van der Waals surface area contributed by atoms with Crippen molar-refractivity contribution in [1.82, 2.24) is 20.2 Å². The molecule has 1 atom stereocenters. The smallest absolute Gasteiger partial charge is 0.251 e. The van der Waals surface area contributed by atoms with E-state index >= 15 is 0 Å². The fraction of sp³-hybridized carbons (Fsp3) is 0.227. The molecule has 6 heteroatoms. The second kappa shape index (κ2) is 8.99. The van der Waals surface area contributed by atoms with E-state index in [1.807, 2.05) is 56.3 Å². The molecule has 0 saturated heterocycles. The minimum Gasteiger partial charge on any atom is -0.352 e. The number of nitrogens with one attached hydrogen (secondary N) is 2. The topological polar surface area (TPSA) is 76.0 Å². The van der Waals surface area contributed by atoms with Gasteiger partial charge in [-0.1, -0.05) is 42.5 Å². The number of rotatable bonds is 7. The maximum absolute atomic E-state index is 12.7. The van der Waals surface area contributed by atoms with E-state index in [1.54, 1.807) is 35.4 Å². The van der Waals surface area contributed by atoms with Crippen molar-refractivity contribution in [1.29, 1.82) is 0 Å². The highest BCUT2D eigenvalue weighted by molar-refractivity contribution is 5.97. The summed E-state index contributed by atoms with van der Waals surface area (Å²) in [6.45, 7) is 4.08. The van der Waals surface area contributed by atoms with Crippen LogP contribution in [0, 0.1) is 0 Å². The summed E-state index contributed by atoms with van der Waals surface area (Å²) in [5.41, 5.74) is 2.63. The second-order valence-corrected chi connectivity index (χ2v) is 6.89. The van der Waals surface area contributed by atoms with Gasteiger partial charge in [0, 0.05) is 24.0 Å². The van der Waals surface area contributed by atoms with Crippen LogP contribution >= 0.6 is 0 Å². The van der Waals surface area contributed by atoms with Gasteiger partial charge in [-0.2, -0.15) is 0 Å². The first-order valence-corrected chi connectivity index (χ1v) is 9.25. The van der Waals surface area contributed by atoms with Gasteiger partial charge in [0.2, 0.25) is 5.91 Å². The molecule has 3 rings (SSSR count). The van der Waals surface area contributed by atoms with Crippen molar-refractivity contribution in [3.05, 3.63) is 78.9 Å². The summed E-state index contributed by atoms with van der Waals surface area (Å²) in [7, 11) is 0. The largest absolute Gasteiger partial charge is 0.352 e. The molecule has 1 aromatic heterocycles. The van der Waals surface area contributed by atoms with Crippen molar-refractivity contribution < 1.29 is 9.59 Å². The Morgan fingerprint density at radius 2 is 1.64 bits per heavy atom. The predicted molar refractivity (Wildman–Crippen MR) is 109 cm³/mol. The number of nitrogens with zero attached hydrogens (tertiary/aromatic N) is 2. The fourth-order valence-electron chi connectivity index (χ4n) is 2.87. The molecule has 3 aromatic rings. The van der Waals surface area contributed by atoms with Crippen LogP contribution in [0.1, 0.15) is 24.2 Å². The van der Waals surface area contributed by atoms with Gasteiger partial charge in [0.25, 0.3) is 5.91 Å². The zero-order chi connectivity index (χ0) is 19.9. The standard InChI is InChI=1S/C22H24N4O2/c1-16(2)24-22(28)20(14-26-13-12-23-15-26)25-21(27)19-10-8-18(9-11-19)17-6-4-3-5-7-17/h3-13,15-16,20H,14H2,1-2H3,(H,24,28)(H,25,27)/t20-/m0/s1. The quantitative estimate of drug-likeness (QED) is 0.666. The molecular weight excluding hydrogens is 352 g/mol. The van der Waals surface area contributed by atoms with E-state index in [-0.39, 0.29) is 17.9 Å². The Bertz CT molecular complexity index is 903. The highest BCUT2D eigenvalue weighted by Gasteiger charge is 2.22. The summed E-state index contributed by atoms with van der Waals surface area (Å²) < 4.78 is 1.77. The van der Waals surface area contributed by atoms with Crippen LogP contribution < -0.4 is 10.6 Å². The average Bonchev–Trinajstić information content (AvgIpc) is 3.21. The molecule has 144 valence electrons. The molecule has 2 N–H and O–H groups in total. The summed E-state index contributed by atoms with van der Waals surface area (Å²) in [5, 5.41) is 5.69. The fourth-order valence-corrected chi connectivity index (χ4v) is 2.87. The molecule has 0 radical (unpaired) electrons. The van der Waals surface area contributed by atoms with Crippen molar-refractivity contribution in [3.63, 3.8) is 0 Å². The lowest BCUT2D eigenvalue weighted by Gasteiger charge is -2.20. The number of hydrogen-bond donors (Lipinski definition) is 2. The van der Waals surface area contributed by atoms with Crippen molar-refractivity contribution in [2.75, 3.05) is 0 Å². The Morgan fingerprint density at radius 3 is 2.25 bits per heavy atom.